The molecule has 1 aromatic heterocycles. The van der Waals surface area contributed by atoms with Gasteiger partial charge >= 0.3 is 12.1 Å². The number of carboxylic acids is 1. The zero-order valence-electron chi connectivity index (χ0n) is 20.3. The molecular weight excluding hydrogens is 507 g/mol. The van der Waals surface area contributed by atoms with Crippen LogP contribution >= 0.6 is 0 Å². The molecule has 9 nitrogen and oxygen atoms in total. The fourth-order valence-electron chi connectivity index (χ4n) is 4.16. The minimum atomic E-state index is -5.08. The molecule has 4 N–H and O–H groups in total. The number of nitrogens with zero attached hydrogens (tertiary/aromatic N) is 1. The molecule has 0 unspecified atom stereocenters. The Balaban J connectivity index is 0.000000505. The Labute approximate surface area is 215 Å². The van der Waals surface area contributed by atoms with Crippen molar-refractivity contribution in [3.8, 4) is 5.75 Å². The van der Waals surface area contributed by atoms with Gasteiger partial charge in [-0.25, -0.2) is 10.3 Å². The van der Waals surface area contributed by atoms with Crippen LogP contribution in [0.5, 0.6) is 5.75 Å². The average molecular weight is 534 g/mol. The molecule has 0 spiro atoms. The third-order valence-electron chi connectivity index (χ3n) is 5.96. The Hall–Kier alpha value is -4.19. The Kier molecular flexibility index (Phi) is 9.24. The number of hydroxylamine groups is 1. The highest BCUT2D eigenvalue weighted by Gasteiger charge is 2.38. The molecule has 1 saturated carbocycles. The van der Waals surface area contributed by atoms with Gasteiger partial charge in [0.05, 0.1) is 11.4 Å². The monoisotopic (exact) mass is 533 g/mol. The van der Waals surface area contributed by atoms with Gasteiger partial charge in [0.1, 0.15) is 12.4 Å². The van der Waals surface area contributed by atoms with Crippen LogP contribution in [0.15, 0.2) is 54.6 Å². The molecule has 0 aliphatic heterocycles. The number of hydrogen-bond acceptors (Lipinski definition) is 6. The maximum absolute atomic E-state index is 12.6. The van der Waals surface area contributed by atoms with E-state index in [0.29, 0.717) is 30.8 Å². The number of ether oxygens (including phenoxy) is 1. The minimum Gasteiger partial charge on any atom is -0.489 e. The van der Waals surface area contributed by atoms with Gasteiger partial charge in [0.25, 0.3) is 5.91 Å². The largest absolute Gasteiger partial charge is 0.490 e. The third kappa shape index (κ3) is 7.42. The number of nitrogens with one attached hydrogen (secondary N) is 2. The minimum absolute atomic E-state index is 0.245. The number of aromatic nitrogens is 1. The van der Waals surface area contributed by atoms with E-state index in [-0.39, 0.29) is 11.9 Å². The molecule has 1 aliphatic rings. The van der Waals surface area contributed by atoms with Gasteiger partial charge < -0.3 is 15.2 Å². The topological polar surface area (TPSA) is 138 Å². The van der Waals surface area contributed by atoms with Crippen molar-refractivity contribution in [3.63, 3.8) is 0 Å². The van der Waals surface area contributed by atoms with Crippen molar-refractivity contribution in [1.29, 1.82) is 0 Å². The standard InChI is InChI=1S/C24H25N3O4.C2HF3O2/c1-15-13-17(19-5-2-3-7-21(19)25-15)14-31-18-11-9-16(10-12-18)23(28)26-22-8-4-6-20(22)24(29)27-30;3-2(4,5)1(6)7/h2-3,5,7,9-13,20,22,30H,4,6,8,14H2,1H3,(H,26,28)(H,27,29);(H,6,7)/t20-,22+;/m1./s1. The van der Waals surface area contributed by atoms with Gasteiger partial charge in [0, 0.05) is 28.2 Å². The summed E-state index contributed by atoms with van der Waals surface area (Å²) in [6.07, 6.45) is -2.89. The smallest absolute Gasteiger partial charge is 0.489 e. The molecular formula is C26H26F3N3O6. The Morgan fingerprint density at radius 3 is 2.37 bits per heavy atom. The van der Waals surface area contributed by atoms with Crippen molar-refractivity contribution >= 4 is 28.7 Å². The molecule has 2 amide bonds. The molecule has 1 fully saturated rings. The zero-order valence-corrected chi connectivity index (χ0v) is 20.3. The molecule has 0 radical (unpaired) electrons. The molecule has 12 heteroatoms. The zero-order chi connectivity index (χ0) is 27.9. The first-order valence-electron chi connectivity index (χ1n) is 11.6. The summed E-state index contributed by atoms with van der Waals surface area (Å²) in [5, 5.41) is 20.0. The number of fused-ring (bicyclic) bond motifs is 1. The highest BCUT2D eigenvalue weighted by Crippen LogP contribution is 2.26. The second-order valence-electron chi connectivity index (χ2n) is 8.65. The first-order valence-corrected chi connectivity index (χ1v) is 11.6. The summed E-state index contributed by atoms with van der Waals surface area (Å²) in [6.45, 7) is 2.36. The number of carboxylic acid groups (broad SMARTS) is 1. The summed E-state index contributed by atoms with van der Waals surface area (Å²) in [4.78, 5) is 37.8. The van der Waals surface area contributed by atoms with E-state index in [1.165, 1.54) is 0 Å². The summed E-state index contributed by atoms with van der Waals surface area (Å²) < 4.78 is 37.7. The van der Waals surface area contributed by atoms with Gasteiger partial charge in [-0.1, -0.05) is 24.6 Å². The number of alkyl halides is 3. The number of aliphatic carboxylic acids is 1. The molecule has 2 atom stereocenters. The first kappa shape index (κ1) is 28.4. The van der Waals surface area contributed by atoms with Crippen LogP contribution in [0.1, 0.15) is 40.9 Å². The fourth-order valence-corrected chi connectivity index (χ4v) is 4.16. The van der Waals surface area contributed by atoms with Crippen LogP contribution in [0.4, 0.5) is 13.2 Å². The summed E-state index contributed by atoms with van der Waals surface area (Å²) >= 11 is 0. The average Bonchev–Trinajstić information content (AvgIpc) is 3.34. The second kappa shape index (κ2) is 12.4. The van der Waals surface area contributed by atoms with Crippen molar-refractivity contribution in [1.82, 2.24) is 15.8 Å². The second-order valence-corrected chi connectivity index (χ2v) is 8.65. The quantitative estimate of drug-likeness (QED) is 0.276. The van der Waals surface area contributed by atoms with E-state index in [1.54, 1.807) is 29.7 Å². The van der Waals surface area contributed by atoms with E-state index >= 15 is 0 Å². The molecule has 0 saturated heterocycles. The van der Waals surface area contributed by atoms with Crippen molar-refractivity contribution in [2.75, 3.05) is 0 Å². The highest BCUT2D eigenvalue weighted by atomic mass is 19.4. The third-order valence-corrected chi connectivity index (χ3v) is 5.96. The van der Waals surface area contributed by atoms with Crippen LogP contribution in [0.3, 0.4) is 0 Å². The highest BCUT2D eigenvalue weighted by molar-refractivity contribution is 5.95. The summed E-state index contributed by atoms with van der Waals surface area (Å²) in [5.41, 5.74) is 5.11. The number of amides is 2. The lowest BCUT2D eigenvalue weighted by Crippen LogP contribution is -2.43. The van der Waals surface area contributed by atoms with Gasteiger partial charge in [0.15, 0.2) is 0 Å². The van der Waals surface area contributed by atoms with E-state index in [4.69, 9.17) is 19.8 Å². The van der Waals surface area contributed by atoms with Gasteiger partial charge in [-0.05, 0) is 56.2 Å². The maximum Gasteiger partial charge on any atom is 0.490 e. The number of pyridine rings is 1. The predicted molar refractivity (Wildman–Crippen MR) is 129 cm³/mol. The normalized spacial score (nSPS) is 16.8. The van der Waals surface area contributed by atoms with Crippen molar-refractivity contribution in [2.45, 2.75) is 45.0 Å². The molecule has 0 bridgehead atoms. The van der Waals surface area contributed by atoms with E-state index in [1.807, 2.05) is 37.3 Å². The molecule has 4 rings (SSSR count). The van der Waals surface area contributed by atoms with Crippen LogP contribution in [-0.4, -0.2) is 45.3 Å². The summed E-state index contributed by atoms with van der Waals surface area (Å²) in [5.74, 6) is -3.20. The fraction of sp³-hybridized carbons (Fsp3) is 0.308. The molecule has 3 aromatic rings. The number of rotatable bonds is 6. The number of aryl methyl sites for hydroxylation is 1. The number of benzene rings is 2. The van der Waals surface area contributed by atoms with Gasteiger partial charge in [0.2, 0.25) is 5.91 Å². The maximum atomic E-state index is 12.6. The number of carbonyl (C=O) groups is 3. The number of halogens is 3. The number of carbonyl (C=O) groups excluding carboxylic acids is 2. The van der Waals surface area contributed by atoms with Crippen LogP contribution in [0, 0.1) is 12.8 Å². The molecule has 1 aliphatic carbocycles. The lowest BCUT2D eigenvalue weighted by atomic mass is 10.0. The Bertz CT molecular complexity index is 1300. The number of hydrogen-bond donors (Lipinski definition) is 4. The Morgan fingerprint density at radius 1 is 1.08 bits per heavy atom. The van der Waals surface area contributed by atoms with Crippen LogP contribution in [-0.2, 0) is 16.2 Å². The molecule has 202 valence electrons. The molecule has 1 heterocycles. The van der Waals surface area contributed by atoms with Crippen molar-refractivity contribution < 1.29 is 42.6 Å². The van der Waals surface area contributed by atoms with Gasteiger partial charge in [-0.15, -0.1) is 0 Å². The van der Waals surface area contributed by atoms with Crippen LogP contribution in [0.2, 0.25) is 0 Å². The predicted octanol–water partition coefficient (Wildman–Crippen LogP) is 4.16. The Morgan fingerprint density at radius 2 is 1.74 bits per heavy atom. The van der Waals surface area contributed by atoms with Gasteiger partial charge in [-0.2, -0.15) is 13.2 Å². The lowest BCUT2D eigenvalue weighted by molar-refractivity contribution is -0.192. The summed E-state index contributed by atoms with van der Waals surface area (Å²) in [7, 11) is 0. The van der Waals surface area contributed by atoms with E-state index < -0.39 is 24.0 Å². The van der Waals surface area contributed by atoms with Crippen LogP contribution in [0.25, 0.3) is 10.9 Å². The molecule has 2 aromatic carbocycles. The lowest BCUT2D eigenvalue weighted by Gasteiger charge is -2.19. The van der Waals surface area contributed by atoms with Crippen molar-refractivity contribution in [2.24, 2.45) is 5.92 Å². The van der Waals surface area contributed by atoms with E-state index in [0.717, 1.165) is 28.6 Å². The SMILES string of the molecule is Cc1cc(COc2ccc(C(=O)N[C@H]3CCC[C@H]3C(=O)NO)cc2)c2ccccc2n1.O=C(O)C(F)(F)F. The molecule has 38 heavy (non-hydrogen) atoms. The van der Waals surface area contributed by atoms with Gasteiger partial charge in [-0.3, -0.25) is 19.8 Å². The number of para-hydroxylation sites is 1. The van der Waals surface area contributed by atoms with E-state index in [9.17, 15) is 22.8 Å². The first-order chi connectivity index (χ1) is 18.0. The van der Waals surface area contributed by atoms with Crippen molar-refractivity contribution in [3.05, 3.63) is 71.4 Å². The summed E-state index contributed by atoms with van der Waals surface area (Å²) in [6, 6.07) is 16.6. The van der Waals surface area contributed by atoms with E-state index in [2.05, 4.69) is 10.3 Å². The van der Waals surface area contributed by atoms with Crippen LogP contribution < -0.4 is 15.5 Å².